The van der Waals surface area contributed by atoms with Gasteiger partial charge in [-0.25, -0.2) is 8.42 Å². The molecule has 1 aliphatic rings. The summed E-state index contributed by atoms with van der Waals surface area (Å²) in [6.45, 7) is 2.16. The minimum Gasteiger partial charge on any atom is -0.371 e. The predicted molar refractivity (Wildman–Crippen MR) is 134 cm³/mol. The van der Waals surface area contributed by atoms with E-state index in [0.717, 1.165) is 48.2 Å². The van der Waals surface area contributed by atoms with Gasteiger partial charge >= 0.3 is 0 Å². The topological polar surface area (TPSA) is 78.5 Å². The van der Waals surface area contributed by atoms with Crippen LogP contribution in [0.25, 0.3) is 6.08 Å². The van der Waals surface area contributed by atoms with Gasteiger partial charge in [-0.2, -0.15) is 0 Å². The van der Waals surface area contributed by atoms with Crippen molar-refractivity contribution >= 4 is 33.4 Å². The minimum absolute atomic E-state index is 0.235. The summed E-state index contributed by atoms with van der Waals surface area (Å²) < 4.78 is 27.8. The second-order valence-corrected chi connectivity index (χ2v) is 9.52. The Balaban J connectivity index is 1.55. The number of nitrogens with zero attached hydrogens (tertiary/aromatic N) is 1. The molecule has 1 saturated heterocycles. The van der Waals surface area contributed by atoms with E-state index in [1.165, 1.54) is 6.08 Å². The SMILES string of the molecule is O=C(NCc1ccccc1)c1cc(NS(=O)(=O)/C=C/c2ccccc2)ccc1N1CCCC1. The Morgan fingerprint density at radius 2 is 1.58 bits per heavy atom. The third kappa shape index (κ3) is 6.23. The van der Waals surface area contributed by atoms with Crippen molar-refractivity contribution in [1.29, 1.82) is 0 Å². The van der Waals surface area contributed by atoms with Gasteiger partial charge in [-0.05, 0) is 48.2 Å². The Morgan fingerprint density at radius 3 is 2.27 bits per heavy atom. The summed E-state index contributed by atoms with van der Waals surface area (Å²) in [5.74, 6) is -0.235. The van der Waals surface area contributed by atoms with Crippen molar-refractivity contribution < 1.29 is 13.2 Å². The normalized spacial score (nSPS) is 13.9. The first kappa shape index (κ1) is 22.6. The fraction of sp³-hybridized carbons (Fsp3) is 0.192. The minimum atomic E-state index is -3.74. The number of benzene rings is 3. The Kier molecular flexibility index (Phi) is 7.10. The molecular formula is C26H27N3O3S. The zero-order valence-corrected chi connectivity index (χ0v) is 19.1. The van der Waals surface area contributed by atoms with Crippen molar-refractivity contribution in [3.05, 3.63) is 101 Å². The van der Waals surface area contributed by atoms with E-state index >= 15 is 0 Å². The van der Waals surface area contributed by atoms with Crippen molar-refractivity contribution in [2.75, 3.05) is 22.7 Å². The number of carbonyl (C=O) groups excluding carboxylic acids is 1. The van der Waals surface area contributed by atoms with Gasteiger partial charge in [0.25, 0.3) is 15.9 Å². The monoisotopic (exact) mass is 461 g/mol. The van der Waals surface area contributed by atoms with Gasteiger partial charge in [0.2, 0.25) is 0 Å². The van der Waals surface area contributed by atoms with E-state index in [9.17, 15) is 13.2 Å². The molecule has 33 heavy (non-hydrogen) atoms. The molecule has 0 aliphatic carbocycles. The maximum absolute atomic E-state index is 13.1. The lowest BCUT2D eigenvalue weighted by atomic mass is 10.1. The molecule has 6 nitrogen and oxygen atoms in total. The van der Waals surface area contributed by atoms with Crippen molar-refractivity contribution in [2.24, 2.45) is 0 Å². The summed E-state index contributed by atoms with van der Waals surface area (Å²) in [7, 11) is -3.74. The molecule has 0 saturated carbocycles. The molecule has 1 heterocycles. The standard InChI is InChI=1S/C26H27N3O3S/c30-26(27-20-22-11-5-2-6-12-22)24-19-23(13-14-25(24)29-16-7-8-17-29)28-33(31,32)18-15-21-9-3-1-4-10-21/h1-6,9-15,18-19,28H,7-8,16-17,20H2,(H,27,30)/b18-15+. The summed E-state index contributed by atoms with van der Waals surface area (Å²) >= 11 is 0. The first-order valence-corrected chi connectivity index (χ1v) is 12.5. The molecule has 0 aromatic heterocycles. The summed E-state index contributed by atoms with van der Waals surface area (Å²) in [5.41, 5.74) is 3.41. The van der Waals surface area contributed by atoms with Gasteiger partial charge in [0, 0.05) is 31.0 Å². The summed E-state index contributed by atoms with van der Waals surface area (Å²) in [5, 5.41) is 4.09. The zero-order valence-electron chi connectivity index (χ0n) is 18.3. The van der Waals surface area contributed by atoms with E-state index in [1.54, 1.807) is 12.1 Å². The number of sulfonamides is 1. The van der Waals surface area contributed by atoms with Crippen LogP contribution in [0.1, 0.15) is 34.3 Å². The molecule has 4 rings (SSSR count). The van der Waals surface area contributed by atoms with Gasteiger partial charge in [-0.1, -0.05) is 60.7 Å². The lowest BCUT2D eigenvalue weighted by Gasteiger charge is -2.22. The number of amides is 1. The number of nitrogens with one attached hydrogen (secondary N) is 2. The molecule has 2 N–H and O–H groups in total. The average molecular weight is 462 g/mol. The van der Waals surface area contributed by atoms with Crippen LogP contribution >= 0.6 is 0 Å². The highest BCUT2D eigenvalue weighted by molar-refractivity contribution is 7.95. The smallest absolute Gasteiger partial charge is 0.255 e. The van der Waals surface area contributed by atoms with Gasteiger partial charge in [0.1, 0.15) is 0 Å². The average Bonchev–Trinajstić information content (AvgIpc) is 3.37. The fourth-order valence-corrected chi connectivity index (χ4v) is 4.68. The lowest BCUT2D eigenvalue weighted by molar-refractivity contribution is 0.0951. The molecule has 0 atom stereocenters. The Morgan fingerprint density at radius 1 is 0.909 bits per heavy atom. The van der Waals surface area contributed by atoms with Crippen LogP contribution in [0.2, 0.25) is 0 Å². The number of carbonyl (C=O) groups is 1. The molecule has 1 amide bonds. The van der Waals surface area contributed by atoms with Crippen LogP contribution in [0.4, 0.5) is 11.4 Å². The highest BCUT2D eigenvalue weighted by Crippen LogP contribution is 2.28. The highest BCUT2D eigenvalue weighted by Gasteiger charge is 2.21. The number of hydrogen-bond donors (Lipinski definition) is 2. The van der Waals surface area contributed by atoms with Crippen molar-refractivity contribution in [2.45, 2.75) is 19.4 Å². The molecule has 3 aromatic rings. The number of anilines is 2. The number of hydrogen-bond acceptors (Lipinski definition) is 4. The highest BCUT2D eigenvalue weighted by atomic mass is 32.2. The first-order chi connectivity index (χ1) is 16.0. The Labute approximate surface area is 195 Å². The maximum atomic E-state index is 13.1. The molecule has 1 fully saturated rings. The van der Waals surface area contributed by atoms with E-state index in [2.05, 4.69) is 14.9 Å². The summed E-state index contributed by atoms with van der Waals surface area (Å²) in [4.78, 5) is 15.3. The van der Waals surface area contributed by atoms with Crippen LogP contribution in [0, 0.1) is 0 Å². The van der Waals surface area contributed by atoms with Crippen LogP contribution in [0.5, 0.6) is 0 Å². The Hall–Kier alpha value is -3.58. The molecule has 3 aromatic carbocycles. The first-order valence-electron chi connectivity index (χ1n) is 11.0. The molecule has 0 bridgehead atoms. The quantitative estimate of drug-likeness (QED) is 0.513. The van der Waals surface area contributed by atoms with Crippen molar-refractivity contribution in [1.82, 2.24) is 5.32 Å². The molecule has 7 heteroatoms. The van der Waals surface area contributed by atoms with E-state index in [4.69, 9.17) is 0 Å². The zero-order chi connectivity index (χ0) is 23.1. The molecule has 0 spiro atoms. The third-order valence-electron chi connectivity index (χ3n) is 5.48. The van der Waals surface area contributed by atoms with Crippen molar-refractivity contribution in [3.8, 4) is 0 Å². The lowest BCUT2D eigenvalue weighted by Crippen LogP contribution is -2.27. The largest absolute Gasteiger partial charge is 0.371 e. The van der Waals surface area contributed by atoms with E-state index in [1.807, 2.05) is 66.7 Å². The fourth-order valence-electron chi connectivity index (χ4n) is 3.82. The molecular weight excluding hydrogens is 434 g/mol. The molecule has 0 unspecified atom stereocenters. The van der Waals surface area contributed by atoms with Crippen LogP contribution in [0.15, 0.2) is 84.3 Å². The summed E-state index contributed by atoms with van der Waals surface area (Å²) in [6.07, 6.45) is 3.68. The van der Waals surface area contributed by atoms with Crippen LogP contribution in [-0.2, 0) is 16.6 Å². The Bertz CT molecular complexity index is 1220. The molecule has 1 aliphatic heterocycles. The van der Waals surface area contributed by atoms with Gasteiger partial charge < -0.3 is 10.2 Å². The van der Waals surface area contributed by atoms with Crippen LogP contribution in [0.3, 0.4) is 0 Å². The molecule has 170 valence electrons. The predicted octanol–water partition coefficient (Wildman–Crippen LogP) is 4.63. The third-order valence-corrected chi connectivity index (χ3v) is 6.50. The number of rotatable bonds is 8. The van der Waals surface area contributed by atoms with Crippen LogP contribution in [-0.4, -0.2) is 27.4 Å². The van der Waals surface area contributed by atoms with E-state index in [0.29, 0.717) is 17.8 Å². The van der Waals surface area contributed by atoms with Gasteiger partial charge in [0.15, 0.2) is 0 Å². The molecule has 0 radical (unpaired) electrons. The van der Waals surface area contributed by atoms with E-state index in [-0.39, 0.29) is 5.91 Å². The van der Waals surface area contributed by atoms with Gasteiger partial charge in [0.05, 0.1) is 11.0 Å². The summed E-state index contributed by atoms with van der Waals surface area (Å²) in [6, 6.07) is 24.0. The van der Waals surface area contributed by atoms with Gasteiger partial charge in [-0.3, -0.25) is 9.52 Å². The second-order valence-electron chi connectivity index (χ2n) is 7.95. The van der Waals surface area contributed by atoms with E-state index < -0.39 is 10.0 Å². The van der Waals surface area contributed by atoms with Crippen LogP contribution < -0.4 is 14.9 Å². The van der Waals surface area contributed by atoms with Gasteiger partial charge in [-0.15, -0.1) is 0 Å². The maximum Gasteiger partial charge on any atom is 0.255 e. The van der Waals surface area contributed by atoms with Crippen molar-refractivity contribution in [3.63, 3.8) is 0 Å². The second kappa shape index (κ2) is 10.4.